The molecule has 134 valence electrons. The molecule has 1 heterocycles. The SMILES string of the molecule is Cc1ccc(CN=C(Nc2ccc(F)c(Cl)c2)n2sc(C)cc2=N)cc1. The Morgan fingerprint density at radius 3 is 2.54 bits per heavy atom. The zero-order valence-corrected chi connectivity index (χ0v) is 16.0. The monoisotopic (exact) mass is 388 g/mol. The van der Waals surface area contributed by atoms with Gasteiger partial charge in [0.15, 0.2) is 0 Å². The Bertz CT molecular complexity index is 1010. The Morgan fingerprint density at radius 2 is 1.92 bits per heavy atom. The Balaban J connectivity index is 1.94. The molecule has 0 bridgehead atoms. The van der Waals surface area contributed by atoms with E-state index in [4.69, 9.17) is 17.0 Å². The molecule has 4 nitrogen and oxygen atoms in total. The third-order valence-electron chi connectivity index (χ3n) is 3.69. The van der Waals surface area contributed by atoms with Gasteiger partial charge in [0.1, 0.15) is 11.3 Å². The van der Waals surface area contributed by atoms with Gasteiger partial charge in [-0.15, -0.1) is 0 Å². The van der Waals surface area contributed by atoms with Crippen LogP contribution in [0.3, 0.4) is 0 Å². The van der Waals surface area contributed by atoms with Crippen molar-refractivity contribution in [1.82, 2.24) is 3.96 Å². The molecular weight excluding hydrogens is 371 g/mol. The van der Waals surface area contributed by atoms with E-state index < -0.39 is 5.82 Å². The van der Waals surface area contributed by atoms with Crippen molar-refractivity contribution in [3.05, 3.63) is 80.9 Å². The first-order valence-electron chi connectivity index (χ1n) is 7.99. The van der Waals surface area contributed by atoms with Gasteiger partial charge < -0.3 is 5.32 Å². The molecule has 0 amide bonds. The smallest absolute Gasteiger partial charge is 0.218 e. The highest BCUT2D eigenvalue weighted by Gasteiger charge is 2.09. The summed E-state index contributed by atoms with van der Waals surface area (Å²) in [6, 6.07) is 14.3. The van der Waals surface area contributed by atoms with E-state index in [1.54, 1.807) is 16.1 Å². The third kappa shape index (κ3) is 4.39. The standard InChI is InChI=1S/C19H18ClFN4S/c1-12-3-5-14(6-4-12)11-23-19(25-18(22)9-13(2)26-25)24-15-7-8-17(21)16(20)10-15/h3-10,22H,11H2,1-2H3,(H,23,24). The van der Waals surface area contributed by atoms with Gasteiger partial charge in [-0.05, 0) is 43.7 Å². The van der Waals surface area contributed by atoms with Gasteiger partial charge in [-0.3, -0.25) is 5.41 Å². The molecule has 0 aliphatic rings. The molecule has 0 radical (unpaired) electrons. The summed E-state index contributed by atoms with van der Waals surface area (Å²) in [5.74, 6) is 0.0208. The molecule has 7 heteroatoms. The van der Waals surface area contributed by atoms with Gasteiger partial charge in [0.2, 0.25) is 5.96 Å². The summed E-state index contributed by atoms with van der Waals surface area (Å²) in [6.45, 7) is 4.43. The van der Waals surface area contributed by atoms with E-state index in [-0.39, 0.29) is 5.02 Å². The van der Waals surface area contributed by atoms with Crippen molar-refractivity contribution in [3.8, 4) is 0 Å². The first-order valence-corrected chi connectivity index (χ1v) is 9.14. The lowest BCUT2D eigenvalue weighted by Gasteiger charge is -2.11. The van der Waals surface area contributed by atoms with E-state index in [0.717, 1.165) is 10.4 Å². The molecule has 0 spiro atoms. The number of benzene rings is 2. The van der Waals surface area contributed by atoms with Gasteiger partial charge in [0.25, 0.3) is 0 Å². The molecule has 1 aromatic heterocycles. The molecule has 0 saturated carbocycles. The summed E-state index contributed by atoms with van der Waals surface area (Å²) < 4.78 is 15.1. The number of anilines is 1. The Hall–Kier alpha value is -2.44. The molecule has 2 aromatic carbocycles. The topological polar surface area (TPSA) is 53.2 Å². The van der Waals surface area contributed by atoms with Gasteiger partial charge in [-0.1, -0.05) is 53.0 Å². The van der Waals surface area contributed by atoms with Crippen LogP contribution in [0.1, 0.15) is 16.0 Å². The molecular formula is C19H18ClFN4S. The number of rotatable bonds is 3. The molecule has 0 atom stereocenters. The Labute approximate surface area is 160 Å². The number of nitrogens with one attached hydrogen (secondary N) is 2. The average molecular weight is 389 g/mol. The van der Waals surface area contributed by atoms with Gasteiger partial charge in [-0.25, -0.2) is 13.3 Å². The second-order valence-corrected chi connectivity index (χ2v) is 7.50. The lowest BCUT2D eigenvalue weighted by molar-refractivity contribution is 0.628. The normalized spacial score (nSPS) is 11.6. The second kappa shape index (κ2) is 7.85. The van der Waals surface area contributed by atoms with E-state index in [1.807, 2.05) is 38.1 Å². The van der Waals surface area contributed by atoms with Crippen LogP contribution in [0.2, 0.25) is 5.02 Å². The highest BCUT2D eigenvalue weighted by molar-refractivity contribution is 7.07. The van der Waals surface area contributed by atoms with Crippen LogP contribution in [-0.4, -0.2) is 9.92 Å². The van der Waals surface area contributed by atoms with Crippen molar-refractivity contribution in [2.45, 2.75) is 20.4 Å². The molecule has 3 rings (SSSR count). The van der Waals surface area contributed by atoms with Gasteiger partial charge in [-0.2, -0.15) is 0 Å². The van der Waals surface area contributed by atoms with Crippen LogP contribution in [0, 0.1) is 25.1 Å². The maximum absolute atomic E-state index is 13.4. The van der Waals surface area contributed by atoms with Crippen LogP contribution in [0.4, 0.5) is 10.1 Å². The first kappa shape index (κ1) is 18.4. The summed E-state index contributed by atoms with van der Waals surface area (Å²) in [5.41, 5.74) is 3.19. The molecule has 0 saturated heterocycles. The Morgan fingerprint density at radius 1 is 1.19 bits per heavy atom. The zero-order valence-electron chi connectivity index (χ0n) is 14.4. The number of aryl methyl sites for hydroxylation is 2. The van der Waals surface area contributed by atoms with Crippen LogP contribution < -0.4 is 10.8 Å². The Kier molecular flexibility index (Phi) is 5.54. The quantitative estimate of drug-likeness (QED) is 0.483. The predicted molar refractivity (Wildman–Crippen MR) is 106 cm³/mol. The van der Waals surface area contributed by atoms with Crippen LogP contribution in [0.15, 0.2) is 53.5 Å². The summed E-state index contributed by atoms with van der Waals surface area (Å²) in [4.78, 5) is 5.63. The van der Waals surface area contributed by atoms with Gasteiger partial charge >= 0.3 is 0 Å². The highest BCUT2D eigenvalue weighted by Crippen LogP contribution is 2.20. The number of hydrogen-bond acceptors (Lipinski definition) is 3. The van der Waals surface area contributed by atoms with E-state index >= 15 is 0 Å². The van der Waals surface area contributed by atoms with E-state index in [2.05, 4.69) is 10.3 Å². The van der Waals surface area contributed by atoms with E-state index in [1.165, 1.54) is 29.2 Å². The van der Waals surface area contributed by atoms with Crippen molar-refractivity contribution < 1.29 is 4.39 Å². The van der Waals surface area contributed by atoms with Gasteiger partial charge in [0, 0.05) is 10.6 Å². The molecule has 0 unspecified atom stereocenters. The summed E-state index contributed by atoms with van der Waals surface area (Å²) in [7, 11) is 0. The predicted octanol–water partition coefficient (Wildman–Crippen LogP) is 4.95. The maximum atomic E-state index is 13.4. The largest absolute Gasteiger partial charge is 0.325 e. The van der Waals surface area contributed by atoms with E-state index in [0.29, 0.717) is 23.7 Å². The lowest BCUT2D eigenvalue weighted by atomic mass is 10.1. The summed E-state index contributed by atoms with van der Waals surface area (Å²) in [5, 5.41) is 11.3. The fourth-order valence-corrected chi connectivity index (χ4v) is 3.32. The van der Waals surface area contributed by atoms with Crippen molar-refractivity contribution >= 4 is 34.8 Å². The lowest BCUT2D eigenvalue weighted by Crippen LogP contribution is -2.28. The number of aromatic nitrogens is 1. The minimum absolute atomic E-state index is 0.0336. The second-order valence-electron chi connectivity index (χ2n) is 5.91. The molecule has 2 N–H and O–H groups in total. The zero-order chi connectivity index (χ0) is 18.7. The molecule has 0 aliphatic carbocycles. The van der Waals surface area contributed by atoms with Crippen molar-refractivity contribution in [3.63, 3.8) is 0 Å². The third-order valence-corrected chi connectivity index (χ3v) is 4.94. The average Bonchev–Trinajstić information content (AvgIpc) is 2.94. The molecule has 0 aliphatic heterocycles. The fraction of sp³-hybridized carbons (Fsp3) is 0.158. The molecule has 3 aromatic rings. The minimum atomic E-state index is -0.476. The van der Waals surface area contributed by atoms with Crippen LogP contribution >= 0.6 is 23.1 Å². The number of nitrogens with zero attached hydrogens (tertiary/aromatic N) is 2. The number of hydrogen-bond donors (Lipinski definition) is 2. The highest BCUT2D eigenvalue weighted by atomic mass is 35.5. The fourth-order valence-electron chi connectivity index (χ4n) is 2.35. The van der Waals surface area contributed by atoms with Crippen molar-refractivity contribution in [2.75, 3.05) is 5.32 Å². The summed E-state index contributed by atoms with van der Waals surface area (Å²) >= 11 is 7.29. The molecule has 26 heavy (non-hydrogen) atoms. The van der Waals surface area contributed by atoms with Gasteiger partial charge in [0.05, 0.1) is 11.6 Å². The first-order chi connectivity index (χ1) is 12.4. The van der Waals surface area contributed by atoms with Crippen LogP contribution in [0.5, 0.6) is 0 Å². The number of halogens is 2. The van der Waals surface area contributed by atoms with Crippen LogP contribution in [-0.2, 0) is 6.54 Å². The van der Waals surface area contributed by atoms with E-state index in [9.17, 15) is 4.39 Å². The van der Waals surface area contributed by atoms with Crippen molar-refractivity contribution in [1.29, 1.82) is 5.41 Å². The summed E-state index contributed by atoms with van der Waals surface area (Å²) in [6.07, 6.45) is 0. The minimum Gasteiger partial charge on any atom is -0.325 e. The number of aliphatic imine (C=N–C) groups is 1. The molecule has 0 fully saturated rings. The van der Waals surface area contributed by atoms with Crippen molar-refractivity contribution in [2.24, 2.45) is 4.99 Å². The maximum Gasteiger partial charge on any atom is 0.218 e. The van der Waals surface area contributed by atoms with Crippen LogP contribution in [0.25, 0.3) is 0 Å².